The minimum absolute atomic E-state index is 0.106. The number of fused-ring (bicyclic) bond motifs is 1. The van der Waals surface area contributed by atoms with Gasteiger partial charge in [-0.3, -0.25) is 4.90 Å². The SMILES string of the molecule is Cc1cc(C)c2nonc2c1S(=O)(=O)NCCN1CCCCC1CO. The van der Waals surface area contributed by atoms with Crippen LogP contribution in [0.2, 0.25) is 0 Å². The molecule has 1 atom stereocenters. The number of aliphatic hydroxyl groups excluding tert-OH is 1. The maximum absolute atomic E-state index is 12.8. The van der Waals surface area contributed by atoms with E-state index in [4.69, 9.17) is 4.63 Å². The first-order chi connectivity index (χ1) is 11.9. The Morgan fingerprint density at radius 2 is 2.04 bits per heavy atom. The van der Waals surface area contributed by atoms with E-state index in [0.29, 0.717) is 17.6 Å². The van der Waals surface area contributed by atoms with Crippen molar-refractivity contribution in [2.24, 2.45) is 0 Å². The van der Waals surface area contributed by atoms with Crippen molar-refractivity contribution in [3.63, 3.8) is 0 Å². The molecule has 2 N–H and O–H groups in total. The molecule has 1 aliphatic rings. The summed E-state index contributed by atoms with van der Waals surface area (Å²) in [7, 11) is -3.73. The summed E-state index contributed by atoms with van der Waals surface area (Å²) >= 11 is 0. The molecule has 1 saturated heterocycles. The van der Waals surface area contributed by atoms with Crippen LogP contribution < -0.4 is 4.72 Å². The van der Waals surface area contributed by atoms with E-state index in [1.165, 1.54) is 0 Å². The summed E-state index contributed by atoms with van der Waals surface area (Å²) in [5, 5.41) is 17.0. The van der Waals surface area contributed by atoms with Gasteiger partial charge in [-0.25, -0.2) is 17.8 Å². The first-order valence-electron chi connectivity index (χ1n) is 8.51. The number of piperidine rings is 1. The van der Waals surface area contributed by atoms with E-state index in [1.54, 1.807) is 13.0 Å². The molecule has 1 fully saturated rings. The van der Waals surface area contributed by atoms with Gasteiger partial charge in [0.15, 0.2) is 5.52 Å². The number of sulfonamides is 1. The lowest BCUT2D eigenvalue weighted by atomic mass is 10.0. The fourth-order valence-corrected chi connectivity index (χ4v) is 4.91. The number of aromatic nitrogens is 2. The van der Waals surface area contributed by atoms with Crippen LogP contribution in [-0.2, 0) is 10.0 Å². The van der Waals surface area contributed by atoms with Gasteiger partial charge in [0.05, 0.1) is 6.61 Å². The molecule has 1 aromatic carbocycles. The molecule has 0 spiro atoms. The van der Waals surface area contributed by atoms with Crippen molar-refractivity contribution in [1.82, 2.24) is 19.9 Å². The Labute approximate surface area is 147 Å². The van der Waals surface area contributed by atoms with Gasteiger partial charge in [0.2, 0.25) is 10.0 Å². The minimum Gasteiger partial charge on any atom is -0.395 e. The summed E-state index contributed by atoms with van der Waals surface area (Å²) in [6.07, 6.45) is 3.13. The number of nitrogens with zero attached hydrogens (tertiary/aromatic N) is 3. The van der Waals surface area contributed by atoms with Crippen LogP contribution in [0, 0.1) is 13.8 Å². The van der Waals surface area contributed by atoms with E-state index in [-0.39, 0.29) is 29.6 Å². The summed E-state index contributed by atoms with van der Waals surface area (Å²) in [5.41, 5.74) is 2.16. The average molecular weight is 368 g/mol. The van der Waals surface area contributed by atoms with Gasteiger partial charge in [-0.2, -0.15) is 0 Å². The minimum atomic E-state index is -3.73. The number of rotatable bonds is 6. The van der Waals surface area contributed by atoms with Crippen molar-refractivity contribution in [1.29, 1.82) is 0 Å². The van der Waals surface area contributed by atoms with Crippen molar-refractivity contribution in [2.75, 3.05) is 26.2 Å². The molecule has 1 aliphatic heterocycles. The largest absolute Gasteiger partial charge is 0.395 e. The molecule has 138 valence electrons. The van der Waals surface area contributed by atoms with Gasteiger partial charge in [-0.1, -0.05) is 12.5 Å². The van der Waals surface area contributed by atoms with Gasteiger partial charge in [0, 0.05) is 19.1 Å². The first kappa shape index (κ1) is 18.2. The van der Waals surface area contributed by atoms with Gasteiger partial charge in [-0.05, 0) is 54.7 Å². The standard InChI is InChI=1S/C16H24N4O4S/c1-11-9-12(2)16(15-14(11)18-24-19-15)25(22,23)17-6-8-20-7-4-3-5-13(20)10-21/h9,13,17,21H,3-8,10H2,1-2H3. The van der Waals surface area contributed by atoms with Crippen LogP contribution in [0.1, 0.15) is 30.4 Å². The molecule has 0 amide bonds. The van der Waals surface area contributed by atoms with E-state index < -0.39 is 10.0 Å². The number of aliphatic hydroxyl groups is 1. The van der Waals surface area contributed by atoms with Crippen LogP contribution in [-0.4, -0.2) is 61.0 Å². The van der Waals surface area contributed by atoms with Gasteiger partial charge in [0.25, 0.3) is 0 Å². The maximum Gasteiger partial charge on any atom is 0.243 e. The van der Waals surface area contributed by atoms with E-state index in [9.17, 15) is 13.5 Å². The number of nitrogens with one attached hydrogen (secondary N) is 1. The average Bonchev–Trinajstić information content (AvgIpc) is 3.04. The van der Waals surface area contributed by atoms with Gasteiger partial charge >= 0.3 is 0 Å². The van der Waals surface area contributed by atoms with E-state index >= 15 is 0 Å². The zero-order valence-electron chi connectivity index (χ0n) is 14.5. The van der Waals surface area contributed by atoms with Gasteiger partial charge in [-0.15, -0.1) is 0 Å². The van der Waals surface area contributed by atoms with Crippen molar-refractivity contribution in [3.05, 3.63) is 17.2 Å². The zero-order chi connectivity index (χ0) is 18.0. The molecule has 0 bridgehead atoms. The highest BCUT2D eigenvalue weighted by atomic mass is 32.2. The fraction of sp³-hybridized carbons (Fsp3) is 0.625. The molecule has 2 heterocycles. The van der Waals surface area contributed by atoms with Crippen LogP contribution in [0.15, 0.2) is 15.6 Å². The smallest absolute Gasteiger partial charge is 0.243 e. The number of hydrogen-bond acceptors (Lipinski definition) is 7. The normalized spacial score (nSPS) is 19.6. The van der Waals surface area contributed by atoms with Crippen molar-refractivity contribution in [3.8, 4) is 0 Å². The maximum atomic E-state index is 12.8. The fourth-order valence-electron chi connectivity index (χ4n) is 3.54. The third-order valence-corrected chi connectivity index (χ3v) is 6.42. The topological polar surface area (TPSA) is 109 Å². The Balaban J connectivity index is 1.76. The lowest BCUT2D eigenvalue weighted by Gasteiger charge is -2.34. The molecule has 2 aromatic rings. The van der Waals surface area contributed by atoms with Gasteiger partial charge in [0.1, 0.15) is 10.4 Å². The molecule has 25 heavy (non-hydrogen) atoms. The molecule has 9 heteroatoms. The molecule has 1 unspecified atom stereocenters. The van der Waals surface area contributed by atoms with Crippen molar-refractivity contribution in [2.45, 2.75) is 44.0 Å². The van der Waals surface area contributed by atoms with Crippen LogP contribution >= 0.6 is 0 Å². The summed E-state index contributed by atoms with van der Waals surface area (Å²) in [5.74, 6) is 0. The third-order valence-electron chi connectivity index (χ3n) is 4.79. The summed E-state index contributed by atoms with van der Waals surface area (Å²) < 4.78 is 32.9. The number of hydrogen-bond donors (Lipinski definition) is 2. The van der Waals surface area contributed by atoms with Crippen LogP contribution in [0.3, 0.4) is 0 Å². The van der Waals surface area contributed by atoms with E-state index in [1.807, 2.05) is 6.92 Å². The van der Waals surface area contributed by atoms with Gasteiger partial charge < -0.3 is 5.11 Å². The molecule has 3 rings (SSSR count). The van der Waals surface area contributed by atoms with Crippen molar-refractivity contribution >= 4 is 21.1 Å². The number of likely N-dealkylation sites (tertiary alicyclic amines) is 1. The number of aryl methyl sites for hydroxylation is 2. The molecular formula is C16H24N4O4S. The zero-order valence-corrected chi connectivity index (χ0v) is 15.3. The molecule has 0 radical (unpaired) electrons. The Kier molecular flexibility index (Phi) is 5.38. The first-order valence-corrected chi connectivity index (χ1v) is 9.99. The predicted octanol–water partition coefficient (Wildman–Crippen LogP) is 0.965. The Bertz CT molecular complexity index is 849. The Morgan fingerprint density at radius 3 is 2.80 bits per heavy atom. The highest BCUT2D eigenvalue weighted by Gasteiger charge is 2.26. The summed E-state index contributed by atoms with van der Waals surface area (Å²) in [6.45, 7) is 5.41. The quantitative estimate of drug-likeness (QED) is 0.782. The molecule has 1 aromatic heterocycles. The summed E-state index contributed by atoms with van der Waals surface area (Å²) in [4.78, 5) is 2.26. The predicted molar refractivity (Wildman–Crippen MR) is 92.8 cm³/mol. The highest BCUT2D eigenvalue weighted by Crippen LogP contribution is 2.26. The summed E-state index contributed by atoms with van der Waals surface area (Å²) in [6, 6.07) is 1.89. The Morgan fingerprint density at radius 1 is 1.28 bits per heavy atom. The monoisotopic (exact) mass is 368 g/mol. The van der Waals surface area contributed by atoms with Crippen LogP contribution in [0.4, 0.5) is 0 Å². The van der Waals surface area contributed by atoms with E-state index in [0.717, 1.165) is 31.4 Å². The molecule has 8 nitrogen and oxygen atoms in total. The second-order valence-electron chi connectivity index (χ2n) is 6.57. The van der Waals surface area contributed by atoms with Crippen LogP contribution in [0.25, 0.3) is 11.0 Å². The second kappa shape index (κ2) is 7.36. The molecular weight excluding hydrogens is 344 g/mol. The van der Waals surface area contributed by atoms with Crippen LogP contribution in [0.5, 0.6) is 0 Å². The Hall–Kier alpha value is -1.55. The highest BCUT2D eigenvalue weighted by molar-refractivity contribution is 7.89. The lowest BCUT2D eigenvalue weighted by Crippen LogP contribution is -2.45. The second-order valence-corrected chi connectivity index (χ2v) is 8.27. The third kappa shape index (κ3) is 3.69. The lowest BCUT2D eigenvalue weighted by molar-refractivity contribution is 0.0923. The van der Waals surface area contributed by atoms with E-state index in [2.05, 4.69) is 19.9 Å². The molecule has 0 aliphatic carbocycles. The van der Waals surface area contributed by atoms with Crippen molar-refractivity contribution < 1.29 is 18.2 Å². The number of benzene rings is 1. The molecule has 0 saturated carbocycles.